The number of fused-ring (bicyclic) bond motifs is 5. The molecule has 4 aliphatic carbocycles. The van der Waals surface area contributed by atoms with Gasteiger partial charge in [-0.1, -0.05) is 57.9 Å². The van der Waals surface area contributed by atoms with Crippen LogP contribution in [-0.4, -0.2) is 11.2 Å². The molecule has 1 nitrogen and oxygen atoms in total. The Bertz CT molecular complexity index is 725. The molecule has 7 atom stereocenters. The van der Waals surface area contributed by atoms with Gasteiger partial charge in [0.05, 0.1) is 6.10 Å². The van der Waals surface area contributed by atoms with Crippen LogP contribution < -0.4 is 0 Å². The van der Waals surface area contributed by atoms with Crippen molar-refractivity contribution in [2.45, 2.75) is 119 Å². The molecule has 0 aromatic carbocycles. The van der Waals surface area contributed by atoms with Gasteiger partial charge in [0.15, 0.2) is 0 Å². The zero-order valence-electron chi connectivity index (χ0n) is 21.0. The summed E-state index contributed by atoms with van der Waals surface area (Å²) in [6.07, 6.45) is 18.1. The maximum Gasteiger partial charge on any atom is 0.0628 e. The van der Waals surface area contributed by atoms with E-state index in [0.29, 0.717) is 22.2 Å². The molecule has 0 aromatic rings. The Kier molecular flexibility index (Phi) is 5.66. The van der Waals surface area contributed by atoms with Crippen LogP contribution in [0.3, 0.4) is 0 Å². The van der Waals surface area contributed by atoms with Crippen LogP contribution >= 0.6 is 0 Å². The van der Waals surface area contributed by atoms with Crippen LogP contribution in [0, 0.1) is 39.4 Å². The number of hydrogen-bond donors (Lipinski definition) is 1. The van der Waals surface area contributed by atoms with E-state index in [4.69, 9.17) is 0 Å². The lowest BCUT2D eigenvalue weighted by atomic mass is 9.38. The molecule has 0 saturated heterocycles. The minimum Gasteiger partial charge on any atom is -0.392 e. The molecule has 1 N–H and O–H groups in total. The van der Waals surface area contributed by atoms with Crippen LogP contribution in [0.5, 0.6) is 0 Å². The summed E-state index contributed by atoms with van der Waals surface area (Å²) in [5.74, 6) is 2.42. The van der Waals surface area contributed by atoms with Gasteiger partial charge in [0.1, 0.15) is 0 Å². The Labute approximate surface area is 186 Å². The van der Waals surface area contributed by atoms with Crippen LogP contribution in [0.4, 0.5) is 0 Å². The van der Waals surface area contributed by atoms with Crippen molar-refractivity contribution in [1.82, 2.24) is 0 Å². The Morgan fingerprint density at radius 3 is 2.43 bits per heavy atom. The van der Waals surface area contributed by atoms with E-state index in [-0.39, 0.29) is 11.5 Å². The third-order valence-electron chi connectivity index (χ3n) is 11.1. The van der Waals surface area contributed by atoms with Gasteiger partial charge in [-0.3, -0.25) is 0 Å². The summed E-state index contributed by atoms with van der Waals surface area (Å²) in [7, 11) is 0. The maximum absolute atomic E-state index is 10.7. The number of hydrogen-bond acceptors (Lipinski definition) is 1. The quantitative estimate of drug-likeness (QED) is 0.464. The molecule has 1 heteroatoms. The molecule has 0 aromatic heterocycles. The fourth-order valence-electron chi connectivity index (χ4n) is 8.63. The van der Waals surface area contributed by atoms with Gasteiger partial charge < -0.3 is 5.11 Å². The summed E-state index contributed by atoms with van der Waals surface area (Å²) < 4.78 is 0. The third-order valence-corrected chi connectivity index (χ3v) is 11.1. The predicted molar refractivity (Wildman–Crippen MR) is 128 cm³/mol. The molecule has 4 aliphatic rings. The van der Waals surface area contributed by atoms with E-state index in [1.165, 1.54) is 63.4 Å². The highest BCUT2D eigenvalue weighted by Crippen LogP contribution is 2.70. The zero-order valence-corrected chi connectivity index (χ0v) is 21.0. The van der Waals surface area contributed by atoms with Crippen LogP contribution in [0.2, 0.25) is 0 Å². The van der Waals surface area contributed by atoms with Crippen molar-refractivity contribution in [3.63, 3.8) is 0 Å². The van der Waals surface area contributed by atoms with Gasteiger partial charge in [-0.05, 0) is 112 Å². The third kappa shape index (κ3) is 3.37. The van der Waals surface area contributed by atoms with Crippen LogP contribution in [0.1, 0.15) is 113 Å². The number of rotatable bonds is 3. The smallest absolute Gasteiger partial charge is 0.0628 e. The molecular weight excluding hydrogens is 364 g/mol. The fraction of sp³-hybridized carbons (Fsp3) is 0.862. The van der Waals surface area contributed by atoms with Gasteiger partial charge in [0, 0.05) is 5.41 Å². The molecule has 0 spiro atoms. The van der Waals surface area contributed by atoms with Crippen molar-refractivity contribution in [3.05, 3.63) is 23.3 Å². The van der Waals surface area contributed by atoms with Crippen molar-refractivity contribution >= 4 is 0 Å². The fourth-order valence-corrected chi connectivity index (χ4v) is 8.63. The molecule has 0 unspecified atom stereocenters. The first-order valence-corrected chi connectivity index (χ1v) is 12.9. The average molecular weight is 413 g/mol. The number of allylic oxidation sites excluding steroid dienone is 3. The predicted octanol–water partition coefficient (Wildman–Crippen LogP) is 8.09. The first kappa shape index (κ1) is 22.6. The van der Waals surface area contributed by atoms with Crippen LogP contribution in [0.25, 0.3) is 0 Å². The Morgan fingerprint density at radius 1 is 1.00 bits per heavy atom. The van der Waals surface area contributed by atoms with Gasteiger partial charge in [0.25, 0.3) is 0 Å². The maximum atomic E-state index is 10.7. The zero-order chi connectivity index (χ0) is 21.9. The van der Waals surface area contributed by atoms with Crippen LogP contribution in [-0.2, 0) is 0 Å². The Balaban J connectivity index is 1.58. The molecule has 3 fully saturated rings. The van der Waals surface area contributed by atoms with E-state index >= 15 is 0 Å². The van der Waals surface area contributed by atoms with E-state index in [0.717, 1.165) is 18.3 Å². The number of aliphatic hydroxyl groups excluding tert-OH is 1. The molecule has 0 bridgehead atoms. The summed E-state index contributed by atoms with van der Waals surface area (Å²) in [6.45, 7) is 17.0. The normalized spacial score (nSPS) is 47.4. The summed E-state index contributed by atoms with van der Waals surface area (Å²) in [5, 5.41) is 10.7. The lowest BCUT2D eigenvalue weighted by Gasteiger charge is -2.67. The Morgan fingerprint density at radius 2 is 1.73 bits per heavy atom. The lowest BCUT2D eigenvalue weighted by Crippen LogP contribution is -2.59. The minimum absolute atomic E-state index is 0.0297. The molecule has 0 aliphatic heterocycles. The first-order chi connectivity index (χ1) is 13.9. The standard InChI is InChI=1S/C29H48O/c1-20(2)9-8-15-27(5)17-18-28(6)21(19-27)10-12-24-22-11-13-25(30)26(3,4)23(22)14-16-29(24,28)7/h9,14,21-22,24-25,30H,8,10-13,15-19H2,1-7H3/t21-,22+,24-,25+,27-,28-,29-/m1/s1. The highest BCUT2D eigenvalue weighted by atomic mass is 16.3. The van der Waals surface area contributed by atoms with E-state index in [2.05, 4.69) is 60.6 Å². The molecule has 4 rings (SSSR count). The molecule has 0 heterocycles. The second kappa shape index (κ2) is 7.50. The van der Waals surface area contributed by atoms with Crippen LogP contribution in [0.15, 0.2) is 23.3 Å². The summed E-state index contributed by atoms with van der Waals surface area (Å²) in [5.41, 5.74) is 4.49. The summed E-state index contributed by atoms with van der Waals surface area (Å²) in [4.78, 5) is 0. The highest BCUT2D eigenvalue weighted by molar-refractivity contribution is 5.28. The van der Waals surface area contributed by atoms with E-state index in [1.807, 2.05) is 0 Å². The lowest BCUT2D eigenvalue weighted by molar-refractivity contribution is -0.153. The molecular formula is C29H48O. The van der Waals surface area contributed by atoms with E-state index < -0.39 is 0 Å². The van der Waals surface area contributed by atoms with Gasteiger partial charge in [-0.25, -0.2) is 0 Å². The average Bonchev–Trinajstić information content (AvgIpc) is 2.65. The first-order valence-electron chi connectivity index (χ1n) is 12.9. The van der Waals surface area contributed by atoms with Crippen molar-refractivity contribution in [2.24, 2.45) is 39.4 Å². The van der Waals surface area contributed by atoms with Crippen molar-refractivity contribution < 1.29 is 5.11 Å². The summed E-state index contributed by atoms with van der Waals surface area (Å²) in [6, 6.07) is 0. The Hall–Kier alpha value is -0.560. The highest BCUT2D eigenvalue weighted by Gasteiger charge is 2.62. The SMILES string of the molecule is CC(C)=CCC[C@]1(C)CC[C@]2(C)[C@H](CC[C@@H]3[C@H]4CC[C@H](O)C(C)(C)C4=CC[C@]32C)C1. The minimum atomic E-state index is -0.160. The monoisotopic (exact) mass is 412 g/mol. The molecule has 170 valence electrons. The second-order valence-electron chi connectivity index (χ2n) is 13.3. The van der Waals surface area contributed by atoms with Crippen molar-refractivity contribution in [3.8, 4) is 0 Å². The van der Waals surface area contributed by atoms with Gasteiger partial charge in [-0.2, -0.15) is 0 Å². The molecule has 30 heavy (non-hydrogen) atoms. The van der Waals surface area contributed by atoms with E-state index in [9.17, 15) is 5.11 Å². The van der Waals surface area contributed by atoms with E-state index in [1.54, 1.807) is 5.57 Å². The van der Waals surface area contributed by atoms with Gasteiger partial charge in [0.2, 0.25) is 0 Å². The van der Waals surface area contributed by atoms with Crippen molar-refractivity contribution in [1.29, 1.82) is 0 Å². The molecule has 0 radical (unpaired) electrons. The van der Waals surface area contributed by atoms with Crippen molar-refractivity contribution in [2.75, 3.05) is 0 Å². The molecule has 3 saturated carbocycles. The second-order valence-corrected chi connectivity index (χ2v) is 13.3. The van der Waals surface area contributed by atoms with Gasteiger partial charge in [-0.15, -0.1) is 0 Å². The topological polar surface area (TPSA) is 20.2 Å². The largest absolute Gasteiger partial charge is 0.392 e. The van der Waals surface area contributed by atoms with Gasteiger partial charge >= 0.3 is 0 Å². The summed E-state index contributed by atoms with van der Waals surface area (Å²) >= 11 is 0. The molecule has 0 amide bonds. The number of aliphatic hydroxyl groups is 1.